The average molecular weight is 367 g/mol. The molecule has 0 fully saturated rings. The van der Waals surface area contributed by atoms with Gasteiger partial charge in [-0.25, -0.2) is 0 Å². The minimum absolute atomic E-state index is 0.211. The van der Waals surface area contributed by atoms with E-state index < -0.39 is 5.91 Å². The second kappa shape index (κ2) is 8.04. The first-order valence-corrected chi connectivity index (χ1v) is 7.89. The van der Waals surface area contributed by atoms with Crippen LogP contribution in [0.2, 0.25) is 10.0 Å². The number of carbonyl (C=O) groups is 2. The van der Waals surface area contributed by atoms with E-state index in [1.54, 1.807) is 42.5 Å². The zero-order chi connectivity index (χ0) is 17.7. The van der Waals surface area contributed by atoms with Gasteiger partial charge in [0.25, 0.3) is 11.8 Å². The van der Waals surface area contributed by atoms with Crippen LogP contribution in [0.4, 0.5) is 0 Å². The topological polar surface area (TPSA) is 81.4 Å². The molecule has 0 bridgehead atoms. The largest absolute Gasteiger partial charge is 0.484 e. The van der Waals surface area contributed by atoms with Gasteiger partial charge in [-0.1, -0.05) is 29.3 Å². The summed E-state index contributed by atoms with van der Waals surface area (Å²) in [4.78, 5) is 23.0. The lowest BCUT2D eigenvalue weighted by Gasteiger charge is -2.16. The van der Waals surface area contributed by atoms with Crippen molar-refractivity contribution in [1.29, 1.82) is 0 Å². The van der Waals surface area contributed by atoms with Gasteiger partial charge in [0.1, 0.15) is 5.75 Å². The Labute approximate surface area is 149 Å². The molecule has 0 saturated carbocycles. The number of hydrogen-bond donors (Lipinski definition) is 2. The Bertz CT molecular complexity index is 748. The van der Waals surface area contributed by atoms with Gasteiger partial charge in [0.05, 0.1) is 6.04 Å². The van der Waals surface area contributed by atoms with E-state index in [2.05, 4.69) is 5.32 Å². The molecule has 0 aromatic heterocycles. The summed E-state index contributed by atoms with van der Waals surface area (Å²) in [5.41, 5.74) is 6.23. The lowest BCUT2D eigenvalue weighted by molar-refractivity contribution is -0.119. The molecular formula is C17H16Cl2N2O3. The normalized spacial score (nSPS) is 11.6. The maximum Gasteiger partial charge on any atom is 0.255 e. The van der Waals surface area contributed by atoms with Crippen LogP contribution in [0.1, 0.15) is 28.9 Å². The summed E-state index contributed by atoms with van der Waals surface area (Å²) < 4.78 is 5.14. The van der Waals surface area contributed by atoms with Gasteiger partial charge in [-0.15, -0.1) is 0 Å². The van der Waals surface area contributed by atoms with Crippen molar-refractivity contribution in [3.8, 4) is 5.75 Å². The summed E-state index contributed by atoms with van der Waals surface area (Å²) in [6.45, 7) is 1.62. The third-order valence-electron chi connectivity index (χ3n) is 3.27. The van der Waals surface area contributed by atoms with Crippen molar-refractivity contribution in [2.45, 2.75) is 13.0 Å². The lowest BCUT2D eigenvalue weighted by atomic mass is 10.1. The number of hydrogen-bond acceptors (Lipinski definition) is 3. The van der Waals surface area contributed by atoms with Crippen molar-refractivity contribution in [1.82, 2.24) is 5.32 Å². The van der Waals surface area contributed by atoms with Crippen molar-refractivity contribution >= 4 is 35.0 Å². The first-order valence-electron chi connectivity index (χ1n) is 7.14. The van der Waals surface area contributed by atoms with E-state index in [1.807, 2.05) is 6.92 Å². The van der Waals surface area contributed by atoms with E-state index >= 15 is 0 Å². The molecule has 126 valence electrons. The molecular weight excluding hydrogens is 351 g/mol. The minimum Gasteiger partial charge on any atom is -0.484 e. The molecule has 7 heteroatoms. The highest BCUT2D eigenvalue weighted by atomic mass is 35.5. The Morgan fingerprint density at radius 3 is 2.42 bits per heavy atom. The quantitative estimate of drug-likeness (QED) is 0.822. The molecule has 0 radical (unpaired) electrons. The summed E-state index contributed by atoms with van der Waals surface area (Å²) in [6.07, 6.45) is 0. The van der Waals surface area contributed by atoms with Crippen LogP contribution in [0.3, 0.4) is 0 Å². The number of ether oxygens (including phenoxy) is 1. The molecule has 2 rings (SSSR count). The molecule has 1 atom stereocenters. The summed E-state index contributed by atoms with van der Waals surface area (Å²) in [7, 11) is 0. The maximum absolute atomic E-state index is 12.3. The van der Waals surface area contributed by atoms with Crippen molar-refractivity contribution in [2.24, 2.45) is 5.73 Å². The van der Waals surface area contributed by atoms with E-state index in [4.69, 9.17) is 33.7 Å². The fraction of sp³-hybridized carbons (Fsp3) is 0.176. The first kappa shape index (κ1) is 18.1. The predicted octanol–water partition coefficient (Wildman–Crippen LogP) is 3.35. The average Bonchev–Trinajstić information content (AvgIpc) is 2.53. The summed E-state index contributed by atoms with van der Waals surface area (Å²) in [6, 6.07) is 11.2. The number of halogens is 2. The Hall–Kier alpha value is -2.24. The molecule has 2 amide bonds. The van der Waals surface area contributed by atoms with Crippen molar-refractivity contribution in [3.63, 3.8) is 0 Å². The number of nitrogens with two attached hydrogens (primary N) is 1. The van der Waals surface area contributed by atoms with Gasteiger partial charge < -0.3 is 15.8 Å². The molecule has 0 aliphatic rings. The molecule has 1 unspecified atom stereocenters. The second-order valence-electron chi connectivity index (χ2n) is 5.14. The third-order valence-corrected chi connectivity index (χ3v) is 3.84. The molecule has 2 aromatic carbocycles. The summed E-state index contributed by atoms with van der Waals surface area (Å²) in [5.74, 6) is -0.361. The molecule has 0 aliphatic carbocycles. The second-order valence-corrected chi connectivity index (χ2v) is 5.98. The zero-order valence-corrected chi connectivity index (χ0v) is 14.4. The number of amides is 2. The van der Waals surface area contributed by atoms with Crippen LogP contribution in [0.15, 0.2) is 42.5 Å². The zero-order valence-electron chi connectivity index (χ0n) is 12.9. The number of nitrogens with one attached hydrogen (secondary N) is 1. The summed E-state index contributed by atoms with van der Waals surface area (Å²) >= 11 is 12.0. The van der Waals surface area contributed by atoms with Crippen LogP contribution in [0.5, 0.6) is 5.75 Å². The van der Waals surface area contributed by atoms with Gasteiger partial charge in [0.15, 0.2) is 6.61 Å². The Kier molecular flexibility index (Phi) is 6.06. The van der Waals surface area contributed by atoms with Crippen LogP contribution in [0.25, 0.3) is 0 Å². The number of rotatable bonds is 6. The van der Waals surface area contributed by atoms with E-state index in [0.717, 1.165) is 5.56 Å². The van der Waals surface area contributed by atoms with E-state index in [1.165, 1.54) is 0 Å². The maximum atomic E-state index is 12.3. The van der Waals surface area contributed by atoms with Crippen molar-refractivity contribution in [3.05, 3.63) is 63.6 Å². The molecule has 0 spiro atoms. The molecule has 5 nitrogen and oxygen atoms in total. The number of carbonyl (C=O) groups excluding carboxylic acids is 2. The van der Waals surface area contributed by atoms with Crippen LogP contribution >= 0.6 is 23.2 Å². The smallest absolute Gasteiger partial charge is 0.255 e. The van der Waals surface area contributed by atoms with Crippen LogP contribution in [-0.2, 0) is 4.79 Å². The standard InChI is InChI=1S/C17H16Cl2N2O3/c1-10(14-7-4-12(18)8-15(14)19)21-17(23)11-2-5-13(6-3-11)24-9-16(20)22/h2-8,10H,9H2,1H3,(H2,20,22)(H,21,23). The van der Waals surface area contributed by atoms with Gasteiger partial charge in [-0.2, -0.15) is 0 Å². The highest BCUT2D eigenvalue weighted by molar-refractivity contribution is 6.35. The monoisotopic (exact) mass is 366 g/mol. The van der Waals surface area contributed by atoms with Crippen LogP contribution < -0.4 is 15.8 Å². The lowest BCUT2D eigenvalue weighted by Crippen LogP contribution is -2.26. The Morgan fingerprint density at radius 1 is 1.17 bits per heavy atom. The molecule has 2 aromatic rings. The molecule has 0 heterocycles. The first-order chi connectivity index (χ1) is 11.4. The van der Waals surface area contributed by atoms with Crippen molar-refractivity contribution < 1.29 is 14.3 Å². The Morgan fingerprint density at radius 2 is 1.83 bits per heavy atom. The van der Waals surface area contributed by atoms with Crippen molar-refractivity contribution in [2.75, 3.05) is 6.61 Å². The third kappa shape index (κ3) is 4.88. The fourth-order valence-electron chi connectivity index (χ4n) is 2.07. The van der Waals surface area contributed by atoms with Gasteiger partial charge in [-0.3, -0.25) is 9.59 Å². The number of benzene rings is 2. The molecule has 3 N–H and O–H groups in total. The highest BCUT2D eigenvalue weighted by Crippen LogP contribution is 2.26. The molecule has 0 aliphatic heterocycles. The van der Waals surface area contributed by atoms with Crippen LogP contribution in [-0.4, -0.2) is 18.4 Å². The van der Waals surface area contributed by atoms with Gasteiger partial charge >= 0.3 is 0 Å². The SMILES string of the molecule is CC(NC(=O)c1ccc(OCC(N)=O)cc1)c1ccc(Cl)cc1Cl. The molecule has 0 saturated heterocycles. The Balaban J connectivity index is 2.02. The highest BCUT2D eigenvalue weighted by Gasteiger charge is 2.14. The van der Waals surface area contributed by atoms with E-state index in [-0.39, 0.29) is 18.6 Å². The van der Waals surface area contributed by atoms with Crippen LogP contribution in [0, 0.1) is 0 Å². The van der Waals surface area contributed by atoms with E-state index in [0.29, 0.717) is 21.4 Å². The van der Waals surface area contributed by atoms with E-state index in [9.17, 15) is 9.59 Å². The molecule has 24 heavy (non-hydrogen) atoms. The van der Waals surface area contributed by atoms with Gasteiger partial charge in [0, 0.05) is 15.6 Å². The number of primary amides is 1. The van der Waals surface area contributed by atoms with Gasteiger partial charge in [0.2, 0.25) is 0 Å². The van der Waals surface area contributed by atoms with Gasteiger partial charge in [-0.05, 0) is 48.9 Å². The fourth-order valence-corrected chi connectivity index (χ4v) is 2.64. The minimum atomic E-state index is -0.564. The summed E-state index contributed by atoms with van der Waals surface area (Å²) in [5, 5.41) is 3.89. The predicted molar refractivity (Wildman–Crippen MR) is 93.5 cm³/mol.